The summed E-state index contributed by atoms with van der Waals surface area (Å²) in [6.45, 7) is 1.75. The van der Waals surface area contributed by atoms with E-state index in [1.807, 2.05) is 59.9 Å². The lowest BCUT2D eigenvalue weighted by Crippen LogP contribution is -2.30. The van der Waals surface area contributed by atoms with E-state index in [0.717, 1.165) is 41.8 Å². The third kappa shape index (κ3) is 3.19. The normalized spacial score (nSPS) is 13.3. The van der Waals surface area contributed by atoms with Gasteiger partial charge in [0, 0.05) is 36.5 Å². The average molecular weight is 416 g/mol. The molecule has 0 aliphatic carbocycles. The number of para-hydroxylation sites is 3. The number of aromatic nitrogens is 1. The van der Waals surface area contributed by atoms with Crippen molar-refractivity contribution in [2.45, 2.75) is 13.0 Å². The Hall–Kier alpha value is -3.38. The van der Waals surface area contributed by atoms with Gasteiger partial charge in [0.2, 0.25) is 0 Å². The molecule has 0 saturated carbocycles. The predicted molar refractivity (Wildman–Crippen MR) is 123 cm³/mol. The topological polar surface area (TPSA) is 54.3 Å². The highest BCUT2D eigenvalue weighted by Crippen LogP contribution is 2.32. The van der Waals surface area contributed by atoms with Gasteiger partial charge in [0.15, 0.2) is 0 Å². The second-order valence-corrected chi connectivity index (χ2v) is 8.48. The van der Waals surface area contributed by atoms with Gasteiger partial charge < -0.3 is 14.8 Å². The summed E-state index contributed by atoms with van der Waals surface area (Å²) in [4.78, 5) is 29.3. The summed E-state index contributed by atoms with van der Waals surface area (Å²) in [7, 11) is 1.72. The lowest BCUT2D eigenvalue weighted by atomic mass is 10.1. The molecule has 0 spiro atoms. The van der Waals surface area contributed by atoms with Gasteiger partial charge in [-0.25, -0.2) is 0 Å². The maximum absolute atomic E-state index is 13.2. The molecule has 0 radical (unpaired) electrons. The first-order chi connectivity index (χ1) is 14.6. The van der Waals surface area contributed by atoms with Crippen LogP contribution >= 0.6 is 11.3 Å². The molecule has 6 heteroatoms. The molecular weight excluding hydrogens is 394 g/mol. The molecule has 5 nitrogen and oxygen atoms in total. The third-order valence-corrected chi connectivity index (χ3v) is 6.72. The minimum absolute atomic E-state index is 0.201. The van der Waals surface area contributed by atoms with Crippen molar-refractivity contribution in [1.29, 1.82) is 0 Å². The molecule has 4 aromatic rings. The Labute approximate surface area is 178 Å². The zero-order valence-electron chi connectivity index (χ0n) is 16.6. The fourth-order valence-electron chi connectivity index (χ4n) is 4.10. The van der Waals surface area contributed by atoms with E-state index in [-0.39, 0.29) is 11.5 Å². The Morgan fingerprint density at radius 2 is 1.87 bits per heavy atom. The van der Waals surface area contributed by atoms with Gasteiger partial charge in [0.05, 0.1) is 22.5 Å². The number of anilines is 2. The molecule has 2 aromatic carbocycles. The molecule has 0 unspecified atom stereocenters. The number of hydrogen-bond donors (Lipinski definition) is 1. The minimum Gasteiger partial charge on any atom is -0.365 e. The van der Waals surface area contributed by atoms with E-state index in [4.69, 9.17) is 0 Å². The number of nitrogens with one attached hydrogen (secondary N) is 1. The quantitative estimate of drug-likeness (QED) is 0.539. The molecular formula is C24H21N3O2S. The molecule has 5 rings (SSSR count). The van der Waals surface area contributed by atoms with E-state index in [0.29, 0.717) is 5.56 Å². The summed E-state index contributed by atoms with van der Waals surface area (Å²) >= 11 is 1.81. The van der Waals surface area contributed by atoms with Crippen LogP contribution in [0.4, 0.5) is 11.4 Å². The molecule has 0 bridgehead atoms. The zero-order chi connectivity index (χ0) is 20.7. The van der Waals surface area contributed by atoms with E-state index in [9.17, 15) is 9.59 Å². The number of fused-ring (bicyclic) bond motifs is 2. The summed E-state index contributed by atoms with van der Waals surface area (Å²) < 4.78 is 1.56. The van der Waals surface area contributed by atoms with Crippen LogP contribution in [0.3, 0.4) is 0 Å². The Balaban J connectivity index is 1.49. The van der Waals surface area contributed by atoms with Gasteiger partial charge in [-0.15, -0.1) is 11.3 Å². The molecule has 30 heavy (non-hydrogen) atoms. The highest BCUT2D eigenvalue weighted by atomic mass is 32.1. The van der Waals surface area contributed by atoms with Crippen LogP contribution < -0.4 is 15.8 Å². The van der Waals surface area contributed by atoms with Gasteiger partial charge >= 0.3 is 0 Å². The van der Waals surface area contributed by atoms with Crippen LogP contribution in [-0.4, -0.2) is 17.0 Å². The van der Waals surface area contributed by atoms with Crippen molar-refractivity contribution < 1.29 is 4.79 Å². The molecule has 2 aromatic heterocycles. The summed E-state index contributed by atoms with van der Waals surface area (Å²) in [5.41, 5.74) is 4.03. The van der Waals surface area contributed by atoms with Crippen molar-refractivity contribution in [2.24, 2.45) is 7.05 Å². The van der Waals surface area contributed by atoms with E-state index in [1.54, 1.807) is 11.6 Å². The van der Waals surface area contributed by atoms with Crippen LogP contribution in [-0.2, 0) is 20.0 Å². The number of thiophene rings is 1. The SMILES string of the molecule is Cn1c(=O)cc(C(=O)Nc2ccccc2N2CCc3sccc3C2)c2ccccc21. The van der Waals surface area contributed by atoms with Crippen LogP contribution in [0.2, 0.25) is 0 Å². The average Bonchev–Trinajstić information content (AvgIpc) is 3.24. The molecule has 1 amide bonds. The lowest BCUT2D eigenvalue weighted by Gasteiger charge is -2.30. The van der Waals surface area contributed by atoms with Crippen molar-refractivity contribution >= 4 is 39.5 Å². The number of nitrogens with zero attached hydrogens (tertiary/aromatic N) is 2. The minimum atomic E-state index is -0.274. The number of carbonyl (C=O) groups is 1. The van der Waals surface area contributed by atoms with Gasteiger partial charge in [0.1, 0.15) is 0 Å². The van der Waals surface area contributed by atoms with E-state index in [2.05, 4.69) is 21.7 Å². The number of amides is 1. The van der Waals surface area contributed by atoms with E-state index in [1.165, 1.54) is 16.5 Å². The Morgan fingerprint density at radius 1 is 1.07 bits per heavy atom. The zero-order valence-corrected chi connectivity index (χ0v) is 17.4. The third-order valence-electron chi connectivity index (χ3n) is 5.70. The number of benzene rings is 2. The Morgan fingerprint density at radius 3 is 2.77 bits per heavy atom. The van der Waals surface area contributed by atoms with Gasteiger partial charge in [-0.3, -0.25) is 9.59 Å². The molecule has 1 N–H and O–H groups in total. The van der Waals surface area contributed by atoms with Gasteiger partial charge in [-0.2, -0.15) is 0 Å². The van der Waals surface area contributed by atoms with Crippen LogP contribution in [0.25, 0.3) is 10.9 Å². The summed E-state index contributed by atoms with van der Waals surface area (Å²) in [5, 5.41) is 5.96. The molecule has 0 fully saturated rings. The van der Waals surface area contributed by atoms with Gasteiger partial charge in [-0.1, -0.05) is 30.3 Å². The highest BCUT2D eigenvalue weighted by molar-refractivity contribution is 7.10. The Bertz CT molecular complexity index is 1320. The largest absolute Gasteiger partial charge is 0.365 e. The van der Waals surface area contributed by atoms with Crippen LogP contribution in [0, 0.1) is 0 Å². The molecule has 0 saturated heterocycles. The monoisotopic (exact) mass is 415 g/mol. The second kappa shape index (κ2) is 7.46. The van der Waals surface area contributed by atoms with Crippen molar-refractivity contribution in [3.8, 4) is 0 Å². The van der Waals surface area contributed by atoms with E-state index < -0.39 is 0 Å². The maximum atomic E-state index is 13.2. The molecule has 1 aliphatic rings. The predicted octanol–water partition coefficient (Wildman–Crippen LogP) is 4.42. The van der Waals surface area contributed by atoms with Crippen LogP contribution in [0.15, 0.2) is 70.8 Å². The molecule has 150 valence electrons. The summed E-state index contributed by atoms with van der Waals surface area (Å²) in [6, 6.07) is 18.9. The second-order valence-electron chi connectivity index (χ2n) is 7.48. The van der Waals surface area contributed by atoms with Crippen LogP contribution in [0.5, 0.6) is 0 Å². The van der Waals surface area contributed by atoms with Gasteiger partial charge in [-0.05, 0) is 41.6 Å². The smallest absolute Gasteiger partial charge is 0.256 e. The number of rotatable bonds is 3. The maximum Gasteiger partial charge on any atom is 0.256 e. The summed E-state index contributed by atoms with van der Waals surface area (Å²) in [5.74, 6) is -0.274. The highest BCUT2D eigenvalue weighted by Gasteiger charge is 2.21. The van der Waals surface area contributed by atoms with Crippen molar-refractivity contribution in [2.75, 3.05) is 16.8 Å². The fourth-order valence-corrected chi connectivity index (χ4v) is 4.99. The van der Waals surface area contributed by atoms with Crippen molar-refractivity contribution in [3.05, 3.63) is 92.4 Å². The number of carbonyl (C=O) groups excluding carboxylic acids is 1. The van der Waals surface area contributed by atoms with Gasteiger partial charge in [0.25, 0.3) is 11.5 Å². The molecule has 3 heterocycles. The summed E-state index contributed by atoms with van der Waals surface area (Å²) in [6.07, 6.45) is 1.01. The number of aryl methyl sites for hydroxylation is 1. The number of pyridine rings is 1. The first-order valence-corrected chi connectivity index (χ1v) is 10.8. The van der Waals surface area contributed by atoms with Crippen LogP contribution in [0.1, 0.15) is 20.8 Å². The fraction of sp³-hybridized carbons (Fsp3) is 0.167. The molecule has 1 aliphatic heterocycles. The number of hydrogen-bond acceptors (Lipinski definition) is 4. The van der Waals surface area contributed by atoms with Crippen molar-refractivity contribution in [3.63, 3.8) is 0 Å². The first kappa shape index (κ1) is 18.6. The standard InChI is InChI=1S/C24H21N3O2S/c1-26-20-8-4-2-6-17(20)18(14-23(26)28)24(29)25-19-7-3-5-9-21(19)27-12-10-22-16(15-27)11-13-30-22/h2-9,11,13-14H,10,12,15H2,1H3,(H,25,29). The molecule has 0 atom stereocenters. The van der Waals surface area contributed by atoms with E-state index >= 15 is 0 Å². The Kier molecular flexibility index (Phi) is 4.64. The van der Waals surface area contributed by atoms with Crippen molar-refractivity contribution in [1.82, 2.24) is 4.57 Å². The lowest BCUT2D eigenvalue weighted by molar-refractivity contribution is 0.102. The first-order valence-electron chi connectivity index (χ1n) is 9.91.